The first-order valence-electron chi connectivity index (χ1n) is 9.15. The summed E-state index contributed by atoms with van der Waals surface area (Å²) in [6.07, 6.45) is 0. The minimum atomic E-state index is -0.692. The number of rotatable bonds is 9. The molecule has 0 bridgehead atoms. The van der Waals surface area contributed by atoms with Gasteiger partial charge in [0.1, 0.15) is 5.56 Å². The number of ether oxygens (including phenoxy) is 2. The topological polar surface area (TPSA) is 111 Å². The monoisotopic (exact) mass is 435 g/mol. The number of halogens is 1. The first-order chi connectivity index (χ1) is 14.3. The Hall–Kier alpha value is -3.33. The van der Waals surface area contributed by atoms with Gasteiger partial charge in [-0.05, 0) is 38.1 Å². The Morgan fingerprint density at radius 2 is 1.77 bits per heavy atom. The molecular formula is C20H22ClN3O6. The summed E-state index contributed by atoms with van der Waals surface area (Å²) in [6.45, 7) is 4.26. The number of amides is 2. The third kappa shape index (κ3) is 5.84. The number of nitrogens with zero attached hydrogens (tertiary/aromatic N) is 2. The number of nitro groups is 1. The number of carbonyl (C=O) groups is 2. The van der Waals surface area contributed by atoms with Gasteiger partial charge in [0, 0.05) is 29.9 Å². The van der Waals surface area contributed by atoms with E-state index in [2.05, 4.69) is 5.32 Å². The molecule has 0 aliphatic heterocycles. The van der Waals surface area contributed by atoms with Crippen molar-refractivity contribution in [3.63, 3.8) is 0 Å². The first-order valence-corrected chi connectivity index (χ1v) is 9.53. The van der Waals surface area contributed by atoms with Crippen molar-refractivity contribution < 1.29 is 24.0 Å². The number of anilines is 1. The lowest BCUT2D eigenvalue weighted by molar-refractivity contribution is -0.385. The molecule has 0 atom stereocenters. The van der Waals surface area contributed by atoms with E-state index in [1.54, 1.807) is 18.2 Å². The molecule has 2 aromatic carbocycles. The van der Waals surface area contributed by atoms with Crippen LogP contribution in [0.15, 0.2) is 36.4 Å². The Morgan fingerprint density at radius 3 is 2.40 bits per heavy atom. The fourth-order valence-electron chi connectivity index (χ4n) is 2.66. The van der Waals surface area contributed by atoms with E-state index in [1.165, 1.54) is 19.2 Å². The summed E-state index contributed by atoms with van der Waals surface area (Å²) in [4.78, 5) is 36.6. The fourth-order valence-corrected chi connectivity index (χ4v) is 2.83. The quantitative estimate of drug-likeness (QED) is 0.474. The van der Waals surface area contributed by atoms with Gasteiger partial charge in [-0.1, -0.05) is 11.6 Å². The van der Waals surface area contributed by atoms with Crippen LogP contribution in [0.25, 0.3) is 0 Å². The van der Waals surface area contributed by atoms with Gasteiger partial charge < -0.3 is 19.7 Å². The van der Waals surface area contributed by atoms with Gasteiger partial charge in [0.25, 0.3) is 11.6 Å². The molecule has 0 fully saturated rings. The summed E-state index contributed by atoms with van der Waals surface area (Å²) in [6, 6.07) is 8.69. The second-order valence-corrected chi connectivity index (χ2v) is 6.59. The Bertz CT molecular complexity index is 950. The summed E-state index contributed by atoms with van der Waals surface area (Å²) in [5, 5.41) is 14.0. The second-order valence-electron chi connectivity index (χ2n) is 6.16. The zero-order chi connectivity index (χ0) is 22.3. The minimum absolute atomic E-state index is 0.138. The summed E-state index contributed by atoms with van der Waals surface area (Å²) in [5.41, 5.74) is -0.114. The van der Waals surface area contributed by atoms with E-state index in [0.29, 0.717) is 30.4 Å². The average Bonchev–Trinajstić information content (AvgIpc) is 2.69. The highest BCUT2D eigenvalue weighted by Crippen LogP contribution is 2.30. The van der Waals surface area contributed by atoms with Gasteiger partial charge >= 0.3 is 0 Å². The average molecular weight is 436 g/mol. The van der Waals surface area contributed by atoms with E-state index >= 15 is 0 Å². The van der Waals surface area contributed by atoms with Crippen LogP contribution in [0.3, 0.4) is 0 Å². The van der Waals surface area contributed by atoms with Gasteiger partial charge in [-0.3, -0.25) is 19.7 Å². The number of nitro benzene ring substituents is 1. The first kappa shape index (κ1) is 23.0. The van der Waals surface area contributed by atoms with E-state index in [1.807, 2.05) is 13.8 Å². The molecule has 9 nitrogen and oxygen atoms in total. The van der Waals surface area contributed by atoms with Crippen molar-refractivity contribution in [2.45, 2.75) is 13.8 Å². The zero-order valence-corrected chi connectivity index (χ0v) is 17.6. The molecular weight excluding hydrogens is 414 g/mol. The maximum absolute atomic E-state index is 12.6. The smallest absolute Gasteiger partial charge is 0.283 e. The minimum Gasteiger partial charge on any atom is -0.490 e. The Labute approximate surface area is 178 Å². The highest BCUT2D eigenvalue weighted by Gasteiger charge is 2.24. The van der Waals surface area contributed by atoms with Crippen molar-refractivity contribution >= 4 is 34.8 Å². The van der Waals surface area contributed by atoms with Crippen molar-refractivity contribution in [1.29, 1.82) is 0 Å². The Kier molecular flexibility index (Phi) is 7.99. The number of hydrogen-bond donors (Lipinski definition) is 1. The van der Waals surface area contributed by atoms with E-state index in [-0.39, 0.29) is 17.1 Å². The summed E-state index contributed by atoms with van der Waals surface area (Å²) in [7, 11) is 1.38. The van der Waals surface area contributed by atoms with Crippen molar-refractivity contribution in [2.24, 2.45) is 0 Å². The lowest BCUT2D eigenvalue weighted by atomic mass is 10.1. The highest BCUT2D eigenvalue weighted by molar-refractivity contribution is 6.31. The van der Waals surface area contributed by atoms with Gasteiger partial charge in [0.2, 0.25) is 5.91 Å². The maximum atomic E-state index is 12.6. The van der Waals surface area contributed by atoms with Crippen molar-refractivity contribution in [3.05, 3.63) is 57.1 Å². The number of hydrogen-bond acceptors (Lipinski definition) is 6. The largest absolute Gasteiger partial charge is 0.490 e. The van der Waals surface area contributed by atoms with Crippen molar-refractivity contribution in [3.8, 4) is 11.5 Å². The predicted octanol–water partition coefficient (Wildman–Crippen LogP) is 3.76. The van der Waals surface area contributed by atoms with Crippen LogP contribution in [0.2, 0.25) is 5.02 Å². The molecule has 2 amide bonds. The second kappa shape index (κ2) is 10.4. The molecule has 0 unspecified atom stereocenters. The lowest BCUT2D eigenvalue weighted by Crippen LogP contribution is -2.35. The Balaban J connectivity index is 2.10. The standard InChI is InChI=1S/C20H22ClN3O6/c1-4-29-17-9-7-14(11-18(17)30-5-2)22-19(25)12-23(3)20(26)15-8-6-13(21)10-16(15)24(27)28/h6-11H,4-5,12H2,1-3H3,(H,22,25). The van der Waals surface area contributed by atoms with Crippen molar-refractivity contribution in [2.75, 3.05) is 32.1 Å². The highest BCUT2D eigenvalue weighted by atomic mass is 35.5. The van der Waals surface area contributed by atoms with Gasteiger partial charge in [0.05, 0.1) is 24.7 Å². The van der Waals surface area contributed by atoms with Gasteiger partial charge in [0.15, 0.2) is 11.5 Å². The van der Waals surface area contributed by atoms with Crippen LogP contribution >= 0.6 is 11.6 Å². The van der Waals surface area contributed by atoms with Gasteiger partial charge in [-0.25, -0.2) is 0 Å². The van der Waals surface area contributed by atoms with Gasteiger partial charge in [-0.15, -0.1) is 0 Å². The Morgan fingerprint density at radius 1 is 1.10 bits per heavy atom. The molecule has 0 radical (unpaired) electrons. The molecule has 10 heteroatoms. The number of likely N-dealkylation sites (N-methyl/N-ethyl adjacent to an activating group) is 1. The third-order valence-corrected chi connectivity index (χ3v) is 4.18. The molecule has 0 heterocycles. The molecule has 0 saturated heterocycles. The molecule has 0 aliphatic carbocycles. The molecule has 30 heavy (non-hydrogen) atoms. The van der Waals surface area contributed by atoms with E-state index in [0.717, 1.165) is 11.0 Å². The fraction of sp³-hybridized carbons (Fsp3) is 0.300. The third-order valence-electron chi connectivity index (χ3n) is 3.94. The predicted molar refractivity (Wildman–Crippen MR) is 112 cm³/mol. The molecule has 0 saturated carbocycles. The normalized spacial score (nSPS) is 10.3. The molecule has 0 aromatic heterocycles. The molecule has 0 aliphatic rings. The summed E-state index contributed by atoms with van der Waals surface area (Å²) in [5.74, 6) is -0.109. The summed E-state index contributed by atoms with van der Waals surface area (Å²) < 4.78 is 11.0. The number of carbonyl (C=O) groups excluding carboxylic acids is 2. The van der Waals surface area contributed by atoms with Crippen LogP contribution in [0.1, 0.15) is 24.2 Å². The van der Waals surface area contributed by atoms with Crippen LogP contribution in [0, 0.1) is 10.1 Å². The summed E-state index contributed by atoms with van der Waals surface area (Å²) >= 11 is 5.77. The molecule has 2 aromatic rings. The van der Waals surface area contributed by atoms with E-state index in [9.17, 15) is 19.7 Å². The lowest BCUT2D eigenvalue weighted by Gasteiger charge is -2.17. The van der Waals surface area contributed by atoms with Crippen LogP contribution < -0.4 is 14.8 Å². The van der Waals surface area contributed by atoms with E-state index < -0.39 is 22.4 Å². The zero-order valence-electron chi connectivity index (χ0n) is 16.8. The molecule has 1 N–H and O–H groups in total. The van der Waals surface area contributed by atoms with Crippen LogP contribution in [-0.4, -0.2) is 48.4 Å². The van der Waals surface area contributed by atoms with E-state index in [4.69, 9.17) is 21.1 Å². The number of benzene rings is 2. The van der Waals surface area contributed by atoms with Crippen LogP contribution in [0.4, 0.5) is 11.4 Å². The van der Waals surface area contributed by atoms with Crippen LogP contribution in [0.5, 0.6) is 11.5 Å². The molecule has 0 spiro atoms. The van der Waals surface area contributed by atoms with Gasteiger partial charge in [-0.2, -0.15) is 0 Å². The maximum Gasteiger partial charge on any atom is 0.283 e. The number of nitrogens with one attached hydrogen (secondary N) is 1. The SMILES string of the molecule is CCOc1ccc(NC(=O)CN(C)C(=O)c2ccc(Cl)cc2[N+](=O)[O-])cc1OCC. The molecule has 2 rings (SSSR count). The van der Waals surface area contributed by atoms with Crippen LogP contribution in [-0.2, 0) is 4.79 Å². The molecule has 160 valence electrons. The van der Waals surface area contributed by atoms with Crippen molar-refractivity contribution in [1.82, 2.24) is 4.90 Å².